The first-order valence-electron chi connectivity index (χ1n) is 5.65. The van der Waals surface area contributed by atoms with Crippen LogP contribution in [0.5, 0.6) is 0 Å². The van der Waals surface area contributed by atoms with E-state index in [9.17, 15) is 14.4 Å². The molecule has 0 saturated carbocycles. The van der Waals surface area contributed by atoms with Crippen LogP contribution in [0.25, 0.3) is 0 Å². The van der Waals surface area contributed by atoms with Gasteiger partial charge in [-0.2, -0.15) is 0 Å². The predicted molar refractivity (Wildman–Crippen MR) is 63.8 cm³/mol. The average Bonchev–Trinajstić information content (AvgIpc) is 2.40. The van der Waals surface area contributed by atoms with Gasteiger partial charge in [-0.3, -0.25) is 9.59 Å². The molecular formula is C11H20N2O5. The van der Waals surface area contributed by atoms with Crippen LogP contribution in [0.15, 0.2) is 0 Å². The molecule has 0 aromatic rings. The molecular weight excluding hydrogens is 240 g/mol. The number of hydrogen-bond donors (Lipinski definition) is 2. The van der Waals surface area contributed by atoms with Crippen LogP contribution in [0.4, 0.5) is 4.79 Å². The van der Waals surface area contributed by atoms with Gasteiger partial charge in [0.2, 0.25) is 5.91 Å². The molecule has 2 N–H and O–H groups in total. The lowest BCUT2D eigenvalue weighted by Crippen LogP contribution is -2.51. The second-order valence-corrected chi connectivity index (χ2v) is 3.79. The van der Waals surface area contributed by atoms with Crippen LogP contribution in [0.3, 0.4) is 0 Å². The molecule has 0 heterocycles. The van der Waals surface area contributed by atoms with Crippen LogP contribution >= 0.6 is 0 Å². The summed E-state index contributed by atoms with van der Waals surface area (Å²) in [5.74, 6) is -1.08. The minimum absolute atomic E-state index is 0.0817. The maximum atomic E-state index is 11.8. The van der Waals surface area contributed by atoms with E-state index in [0.29, 0.717) is 6.42 Å². The molecule has 2 amide bonds. The number of ether oxygens (including phenoxy) is 2. The molecule has 0 aliphatic rings. The fourth-order valence-corrected chi connectivity index (χ4v) is 1.23. The van der Waals surface area contributed by atoms with Crippen LogP contribution in [0, 0.1) is 5.92 Å². The number of carbonyl (C=O) groups excluding carboxylic acids is 3. The van der Waals surface area contributed by atoms with E-state index < -0.39 is 24.0 Å². The third kappa shape index (κ3) is 5.51. The highest BCUT2D eigenvalue weighted by Crippen LogP contribution is 2.08. The fraction of sp³-hybridized carbons (Fsp3) is 0.727. The molecule has 2 atom stereocenters. The van der Waals surface area contributed by atoms with E-state index in [0.717, 1.165) is 0 Å². The van der Waals surface area contributed by atoms with Gasteiger partial charge in [0.25, 0.3) is 0 Å². The normalized spacial score (nSPS) is 13.1. The van der Waals surface area contributed by atoms with Gasteiger partial charge >= 0.3 is 12.1 Å². The fourth-order valence-electron chi connectivity index (χ4n) is 1.23. The van der Waals surface area contributed by atoms with Gasteiger partial charge in [0.15, 0.2) is 0 Å². The van der Waals surface area contributed by atoms with Crippen molar-refractivity contribution in [2.75, 3.05) is 20.8 Å². The quantitative estimate of drug-likeness (QED) is 0.658. The number of carbonyl (C=O) groups is 3. The number of amides is 2. The summed E-state index contributed by atoms with van der Waals surface area (Å²) in [6.45, 7) is 3.48. The van der Waals surface area contributed by atoms with E-state index in [-0.39, 0.29) is 12.5 Å². The van der Waals surface area contributed by atoms with Gasteiger partial charge in [-0.1, -0.05) is 20.3 Å². The van der Waals surface area contributed by atoms with Crippen molar-refractivity contribution in [2.24, 2.45) is 5.92 Å². The van der Waals surface area contributed by atoms with Gasteiger partial charge < -0.3 is 20.1 Å². The summed E-state index contributed by atoms with van der Waals surface area (Å²) >= 11 is 0. The number of rotatable bonds is 6. The third-order valence-corrected chi connectivity index (χ3v) is 2.59. The zero-order valence-electron chi connectivity index (χ0n) is 11.1. The largest absolute Gasteiger partial charge is 0.468 e. The summed E-state index contributed by atoms with van der Waals surface area (Å²) < 4.78 is 8.85. The smallest absolute Gasteiger partial charge is 0.407 e. The van der Waals surface area contributed by atoms with Crippen LogP contribution in [-0.2, 0) is 19.1 Å². The lowest BCUT2D eigenvalue weighted by molar-refractivity contribution is -0.141. The standard InChI is InChI=1S/C11H20N2O5/c1-5-7(2)9(13-11(16)18-4)10(15)12-6-8(14)17-3/h7,9H,5-6H2,1-4H3,(H,12,15)(H,13,16). The summed E-state index contributed by atoms with van der Waals surface area (Å²) in [5.41, 5.74) is 0. The molecule has 2 unspecified atom stereocenters. The number of alkyl carbamates (subject to hydrolysis) is 1. The number of esters is 1. The van der Waals surface area contributed by atoms with E-state index >= 15 is 0 Å². The Kier molecular flexibility index (Phi) is 7.50. The molecule has 0 bridgehead atoms. The van der Waals surface area contributed by atoms with Crippen LogP contribution in [0.2, 0.25) is 0 Å². The molecule has 0 saturated heterocycles. The van der Waals surface area contributed by atoms with Gasteiger partial charge in [0, 0.05) is 0 Å². The molecule has 0 aromatic heterocycles. The third-order valence-electron chi connectivity index (χ3n) is 2.59. The highest BCUT2D eigenvalue weighted by Gasteiger charge is 2.26. The maximum absolute atomic E-state index is 11.8. The van der Waals surface area contributed by atoms with Gasteiger partial charge in [0.1, 0.15) is 12.6 Å². The van der Waals surface area contributed by atoms with Crippen molar-refractivity contribution in [3.63, 3.8) is 0 Å². The lowest BCUT2D eigenvalue weighted by Gasteiger charge is -2.22. The molecule has 0 aromatic carbocycles. The van der Waals surface area contributed by atoms with Gasteiger partial charge in [-0.15, -0.1) is 0 Å². The molecule has 104 valence electrons. The van der Waals surface area contributed by atoms with Crippen molar-refractivity contribution in [2.45, 2.75) is 26.3 Å². The number of nitrogens with one attached hydrogen (secondary N) is 2. The Balaban J connectivity index is 4.49. The molecule has 0 rings (SSSR count). The summed E-state index contributed by atoms with van der Waals surface area (Å²) in [5, 5.41) is 4.83. The van der Waals surface area contributed by atoms with Crippen molar-refractivity contribution >= 4 is 18.0 Å². The predicted octanol–water partition coefficient (Wildman–Crippen LogP) is 0.0463. The molecule has 0 spiro atoms. The monoisotopic (exact) mass is 260 g/mol. The highest BCUT2D eigenvalue weighted by atomic mass is 16.5. The minimum atomic E-state index is -0.743. The van der Waals surface area contributed by atoms with Crippen LogP contribution in [-0.4, -0.2) is 44.8 Å². The van der Waals surface area contributed by atoms with Crippen LogP contribution < -0.4 is 10.6 Å². The molecule has 0 aliphatic carbocycles. The lowest BCUT2D eigenvalue weighted by atomic mass is 9.98. The Morgan fingerprint density at radius 3 is 2.22 bits per heavy atom. The Morgan fingerprint density at radius 1 is 1.17 bits per heavy atom. The Morgan fingerprint density at radius 2 is 1.78 bits per heavy atom. The Labute approximate surface area is 106 Å². The van der Waals surface area contributed by atoms with E-state index in [4.69, 9.17) is 0 Å². The van der Waals surface area contributed by atoms with Crippen molar-refractivity contribution < 1.29 is 23.9 Å². The van der Waals surface area contributed by atoms with Crippen molar-refractivity contribution in [3.05, 3.63) is 0 Å². The zero-order valence-corrected chi connectivity index (χ0v) is 11.1. The molecule has 0 aliphatic heterocycles. The highest BCUT2D eigenvalue weighted by molar-refractivity contribution is 5.88. The Hall–Kier alpha value is -1.79. The maximum Gasteiger partial charge on any atom is 0.407 e. The summed E-state index contributed by atoms with van der Waals surface area (Å²) in [4.78, 5) is 33.9. The van der Waals surface area contributed by atoms with Gasteiger partial charge in [-0.05, 0) is 5.92 Å². The van der Waals surface area contributed by atoms with E-state index in [2.05, 4.69) is 20.1 Å². The SMILES string of the molecule is CCC(C)C(NC(=O)OC)C(=O)NCC(=O)OC. The summed E-state index contributed by atoms with van der Waals surface area (Å²) in [7, 11) is 2.45. The average molecular weight is 260 g/mol. The first kappa shape index (κ1) is 16.2. The minimum Gasteiger partial charge on any atom is -0.468 e. The second-order valence-electron chi connectivity index (χ2n) is 3.79. The first-order valence-corrected chi connectivity index (χ1v) is 5.65. The van der Waals surface area contributed by atoms with Crippen molar-refractivity contribution in [3.8, 4) is 0 Å². The topological polar surface area (TPSA) is 93.7 Å². The number of hydrogen-bond acceptors (Lipinski definition) is 5. The van der Waals surface area contributed by atoms with E-state index in [1.807, 2.05) is 13.8 Å². The molecule has 0 fully saturated rings. The molecule has 7 heteroatoms. The summed E-state index contributed by atoms with van der Waals surface area (Å²) in [6.07, 6.45) is 0.00819. The van der Waals surface area contributed by atoms with Crippen molar-refractivity contribution in [1.29, 1.82) is 0 Å². The summed E-state index contributed by atoms with van der Waals surface area (Å²) in [6, 6.07) is -0.743. The first-order chi connectivity index (χ1) is 8.46. The van der Waals surface area contributed by atoms with Gasteiger partial charge in [-0.25, -0.2) is 4.79 Å². The van der Waals surface area contributed by atoms with Crippen molar-refractivity contribution in [1.82, 2.24) is 10.6 Å². The van der Waals surface area contributed by atoms with Crippen LogP contribution in [0.1, 0.15) is 20.3 Å². The van der Waals surface area contributed by atoms with Gasteiger partial charge in [0.05, 0.1) is 14.2 Å². The van der Waals surface area contributed by atoms with E-state index in [1.54, 1.807) is 0 Å². The molecule has 7 nitrogen and oxygen atoms in total. The van der Waals surface area contributed by atoms with E-state index in [1.165, 1.54) is 14.2 Å². The second kappa shape index (κ2) is 8.32. The molecule has 18 heavy (non-hydrogen) atoms. The zero-order chi connectivity index (χ0) is 14.1. The molecule has 0 radical (unpaired) electrons. The Bertz CT molecular complexity index is 306. The number of methoxy groups -OCH3 is 2.